The average Bonchev–Trinajstić information content (AvgIpc) is 2.39. The molecule has 4 N–H and O–H groups in total. The highest BCUT2D eigenvalue weighted by atomic mass is 32.2. The van der Waals surface area contributed by atoms with Crippen molar-refractivity contribution in [1.82, 2.24) is 0 Å². The molecule has 0 aliphatic heterocycles. The van der Waals surface area contributed by atoms with Gasteiger partial charge >= 0.3 is 5.97 Å². The molecule has 0 aromatic rings. The fraction of sp³-hybridized carbons (Fsp3) is 0.900. The molecule has 5 heteroatoms. The summed E-state index contributed by atoms with van der Waals surface area (Å²) in [5.74, 6) is -0.581. The quantitative estimate of drug-likeness (QED) is 0.626. The van der Waals surface area contributed by atoms with Crippen molar-refractivity contribution in [1.29, 1.82) is 0 Å². The minimum atomic E-state index is -0.967. The molecule has 0 saturated heterocycles. The molecule has 0 radical (unpaired) electrons. The van der Waals surface area contributed by atoms with Crippen molar-refractivity contribution in [3.8, 4) is 0 Å². The maximum Gasteiger partial charge on any atom is 0.321 e. The number of hydrogen-bond acceptors (Lipinski definition) is 4. The van der Waals surface area contributed by atoms with E-state index in [9.17, 15) is 9.90 Å². The second-order valence-electron chi connectivity index (χ2n) is 4.02. The van der Waals surface area contributed by atoms with Crippen LogP contribution in [-0.2, 0) is 4.79 Å². The summed E-state index contributed by atoms with van der Waals surface area (Å²) >= 11 is 1.50. The second kappa shape index (κ2) is 6.35. The van der Waals surface area contributed by atoms with Gasteiger partial charge < -0.3 is 15.9 Å². The van der Waals surface area contributed by atoms with Gasteiger partial charge in [0.25, 0.3) is 0 Å². The number of hydrogen-bond donors (Lipinski definition) is 3. The van der Waals surface area contributed by atoms with Crippen LogP contribution in [-0.4, -0.2) is 39.3 Å². The van der Waals surface area contributed by atoms with E-state index in [1.165, 1.54) is 18.2 Å². The Bertz CT molecular complexity index is 213. The van der Waals surface area contributed by atoms with Crippen LogP contribution in [0.15, 0.2) is 0 Å². The van der Waals surface area contributed by atoms with Crippen molar-refractivity contribution in [3.05, 3.63) is 0 Å². The van der Waals surface area contributed by atoms with Crippen molar-refractivity contribution < 1.29 is 15.0 Å². The third kappa shape index (κ3) is 4.40. The van der Waals surface area contributed by atoms with E-state index in [2.05, 4.69) is 0 Å². The third-order valence-corrected chi connectivity index (χ3v) is 4.25. The second-order valence-corrected chi connectivity index (χ2v) is 5.29. The predicted octanol–water partition coefficient (Wildman–Crippen LogP) is 0.825. The van der Waals surface area contributed by atoms with Crippen LogP contribution in [0.3, 0.4) is 0 Å². The van der Waals surface area contributed by atoms with E-state index in [1.54, 1.807) is 0 Å². The van der Waals surface area contributed by atoms with Gasteiger partial charge in [0.15, 0.2) is 0 Å². The molecular formula is C10H19NO3S. The van der Waals surface area contributed by atoms with Crippen molar-refractivity contribution in [2.45, 2.75) is 49.5 Å². The van der Waals surface area contributed by atoms with E-state index in [0.717, 1.165) is 25.7 Å². The standard InChI is InChI=1S/C10H19NO3S/c11-7(10(13)14)6-15-9-5-3-1-2-4-8(9)12/h7-9,12H,1-6,11H2,(H,13,14)/t7-,8?,9?/m0/s1. The molecule has 0 aromatic carbocycles. The molecule has 1 aliphatic carbocycles. The summed E-state index contributed by atoms with van der Waals surface area (Å²) in [6, 6.07) is -0.814. The van der Waals surface area contributed by atoms with Crippen LogP contribution >= 0.6 is 11.8 Å². The van der Waals surface area contributed by atoms with Gasteiger partial charge in [-0.3, -0.25) is 4.79 Å². The van der Waals surface area contributed by atoms with E-state index < -0.39 is 12.0 Å². The number of carbonyl (C=O) groups is 1. The smallest absolute Gasteiger partial charge is 0.321 e. The fourth-order valence-corrected chi connectivity index (χ4v) is 3.04. The minimum Gasteiger partial charge on any atom is -0.480 e. The molecule has 15 heavy (non-hydrogen) atoms. The van der Waals surface area contributed by atoms with Crippen molar-refractivity contribution in [2.75, 3.05) is 5.75 Å². The van der Waals surface area contributed by atoms with Crippen LogP contribution in [0.4, 0.5) is 0 Å². The lowest BCUT2D eigenvalue weighted by molar-refractivity contribution is -0.137. The Labute approximate surface area is 94.2 Å². The Morgan fingerprint density at radius 3 is 2.73 bits per heavy atom. The maximum atomic E-state index is 10.5. The Morgan fingerprint density at radius 1 is 1.40 bits per heavy atom. The molecule has 3 atom stereocenters. The van der Waals surface area contributed by atoms with Crippen molar-refractivity contribution in [3.63, 3.8) is 0 Å². The lowest BCUT2D eigenvalue weighted by Crippen LogP contribution is -2.34. The van der Waals surface area contributed by atoms with E-state index in [4.69, 9.17) is 10.8 Å². The molecule has 4 nitrogen and oxygen atoms in total. The predicted molar refractivity (Wildman–Crippen MR) is 60.9 cm³/mol. The summed E-state index contributed by atoms with van der Waals surface area (Å²) in [6.45, 7) is 0. The molecule has 2 unspecified atom stereocenters. The van der Waals surface area contributed by atoms with Crippen molar-refractivity contribution >= 4 is 17.7 Å². The molecule has 0 amide bonds. The number of aliphatic hydroxyl groups excluding tert-OH is 1. The van der Waals surface area contributed by atoms with Gasteiger partial charge in [0, 0.05) is 11.0 Å². The molecule has 1 aliphatic rings. The maximum absolute atomic E-state index is 10.5. The number of aliphatic hydroxyl groups is 1. The first kappa shape index (κ1) is 12.8. The summed E-state index contributed by atoms with van der Waals surface area (Å²) in [5, 5.41) is 18.6. The van der Waals surface area contributed by atoms with Gasteiger partial charge in [0.05, 0.1) is 6.10 Å². The van der Waals surface area contributed by atoms with E-state index in [1.807, 2.05) is 0 Å². The first-order chi connectivity index (χ1) is 7.11. The van der Waals surface area contributed by atoms with Crippen LogP contribution < -0.4 is 5.73 Å². The summed E-state index contributed by atoms with van der Waals surface area (Å²) in [6.07, 6.45) is 4.87. The van der Waals surface area contributed by atoms with Gasteiger partial charge in [0.1, 0.15) is 6.04 Å². The molecule has 1 fully saturated rings. The molecule has 0 heterocycles. The molecule has 1 rings (SSSR count). The van der Waals surface area contributed by atoms with Crippen LogP contribution in [0.1, 0.15) is 32.1 Å². The molecule has 0 bridgehead atoms. The highest BCUT2D eigenvalue weighted by molar-refractivity contribution is 8.00. The zero-order valence-electron chi connectivity index (χ0n) is 8.76. The Balaban J connectivity index is 2.32. The molecular weight excluding hydrogens is 214 g/mol. The zero-order chi connectivity index (χ0) is 11.3. The van der Waals surface area contributed by atoms with Crippen LogP contribution in [0.5, 0.6) is 0 Å². The number of aliphatic carboxylic acids is 1. The topological polar surface area (TPSA) is 83.5 Å². The van der Waals surface area contributed by atoms with Crippen LogP contribution in [0.2, 0.25) is 0 Å². The number of thioether (sulfide) groups is 1. The molecule has 0 aromatic heterocycles. The van der Waals surface area contributed by atoms with Gasteiger partial charge in [-0.1, -0.05) is 19.3 Å². The van der Waals surface area contributed by atoms with Gasteiger partial charge in [-0.2, -0.15) is 11.8 Å². The zero-order valence-corrected chi connectivity index (χ0v) is 9.58. The van der Waals surface area contributed by atoms with Gasteiger partial charge in [0.2, 0.25) is 0 Å². The van der Waals surface area contributed by atoms with E-state index in [-0.39, 0.29) is 11.4 Å². The first-order valence-corrected chi connectivity index (χ1v) is 6.44. The summed E-state index contributed by atoms with van der Waals surface area (Å²) in [7, 11) is 0. The highest BCUT2D eigenvalue weighted by Gasteiger charge is 2.23. The highest BCUT2D eigenvalue weighted by Crippen LogP contribution is 2.27. The largest absolute Gasteiger partial charge is 0.480 e. The summed E-state index contributed by atoms with van der Waals surface area (Å²) in [4.78, 5) is 10.5. The number of carboxylic acid groups (broad SMARTS) is 1. The van der Waals surface area contributed by atoms with E-state index in [0.29, 0.717) is 5.75 Å². The third-order valence-electron chi connectivity index (χ3n) is 2.72. The Hall–Kier alpha value is -0.260. The lowest BCUT2D eigenvalue weighted by Gasteiger charge is -2.20. The minimum absolute atomic E-state index is 0.165. The number of nitrogens with two attached hydrogens (primary N) is 1. The van der Waals surface area contributed by atoms with Crippen molar-refractivity contribution in [2.24, 2.45) is 5.73 Å². The lowest BCUT2D eigenvalue weighted by atomic mass is 10.1. The Kier molecular flexibility index (Phi) is 5.42. The first-order valence-electron chi connectivity index (χ1n) is 5.39. The summed E-state index contributed by atoms with van der Waals surface area (Å²) in [5.41, 5.74) is 5.42. The molecule has 88 valence electrons. The molecule has 1 saturated carbocycles. The summed E-state index contributed by atoms with van der Waals surface area (Å²) < 4.78 is 0. The van der Waals surface area contributed by atoms with Gasteiger partial charge in [-0.15, -0.1) is 0 Å². The SMILES string of the molecule is N[C@@H](CSC1CCCCCC1O)C(=O)O. The van der Waals surface area contributed by atoms with Gasteiger partial charge in [-0.05, 0) is 12.8 Å². The average molecular weight is 233 g/mol. The molecule has 0 spiro atoms. The fourth-order valence-electron chi connectivity index (χ4n) is 1.75. The van der Waals surface area contributed by atoms with Crippen LogP contribution in [0, 0.1) is 0 Å². The van der Waals surface area contributed by atoms with Gasteiger partial charge in [-0.25, -0.2) is 0 Å². The number of rotatable bonds is 4. The van der Waals surface area contributed by atoms with Crippen LogP contribution in [0.25, 0.3) is 0 Å². The normalized spacial score (nSPS) is 29.5. The Morgan fingerprint density at radius 2 is 2.07 bits per heavy atom. The number of carboxylic acids is 1. The van der Waals surface area contributed by atoms with E-state index >= 15 is 0 Å². The monoisotopic (exact) mass is 233 g/mol.